The van der Waals surface area contributed by atoms with Crippen molar-refractivity contribution in [3.8, 4) is 11.5 Å². The van der Waals surface area contributed by atoms with Crippen LogP contribution < -0.4 is 15.8 Å². The Morgan fingerprint density at radius 1 is 1.27 bits per heavy atom. The maximum atomic E-state index is 13.3. The van der Waals surface area contributed by atoms with Crippen LogP contribution in [0.5, 0.6) is 11.5 Å². The first-order valence-electron chi connectivity index (χ1n) is 10.6. The third-order valence-corrected chi connectivity index (χ3v) is 5.20. The Hall–Kier alpha value is -2.89. The van der Waals surface area contributed by atoms with Gasteiger partial charge in [0.05, 0.1) is 16.2 Å². The number of allylic oxidation sites excluding steroid dienone is 1. The molecule has 0 saturated heterocycles. The van der Waals surface area contributed by atoms with E-state index in [1.165, 1.54) is 25.2 Å². The Balaban J connectivity index is 0.000000688. The van der Waals surface area contributed by atoms with Crippen LogP contribution >= 0.6 is 23.2 Å². The number of nitrogens with two attached hydrogens (primary N) is 1. The predicted molar refractivity (Wildman–Crippen MR) is 134 cm³/mol. The molecule has 0 saturated carbocycles. The summed E-state index contributed by atoms with van der Waals surface area (Å²) < 4.78 is 54.4. The molecular formula is C24H29Cl2F4N3O4. The minimum atomic E-state index is -4.58. The van der Waals surface area contributed by atoms with Crippen molar-refractivity contribution in [3.05, 3.63) is 64.2 Å². The van der Waals surface area contributed by atoms with Crippen LogP contribution in [0.2, 0.25) is 10.0 Å². The number of aromatic hydroxyl groups is 1. The Kier molecular flexibility index (Phi) is 14.8. The lowest BCUT2D eigenvalue weighted by atomic mass is 9.82. The van der Waals surface area contributed by atoms with Crippen molar-refractivity contribution in [3.63, 3.8) is 0 Å². The van der Waals surface area contributed by atoms with Gasteiger partial charge < -0.3 is 25.7 Å². The van der Waals surface area contributed by atoms with Crippen LogP contribution in [0.15, 0.2) is 42.6 Å². The van der Waals surface area contributed by atoms with Gasteiger partial charge in [0.15, 0.2) is 12.3 Å². The smallest absolute Gasteiger partial charge is 0.434 e. The molecule has 2 unspecified atom stereocenters. The molecule has 0 aliphatic heterocycles. The number of benzene rings is 1. The summed E-state index contributed by atoms with van der Waals surface area (Å²) in [5.74, 6) is -0.444. The second-order valence-corrected chi connectivity index (χ2v) is 8.62. The highest BCUT2D eigenvalue weighted by molar-refractivity contribution is 6.31. The maximum absolute atomic E-state index is 13.3. The highest BCUT2D eigenvalue weighted by Gasteiger charge is 2.35. The zero-order valence-electron chi connectivity index (χ0n) is 20.4. The largest absolute Gasteiger partial charge is 0.506 e. The van der Waals surface area contributed by atoms with Crippen LogP contribution in [0, 0.1) is 11.7 Å². The number of hydrogen-bond acceptors (Lipinski definition) is 6. The van der Waals surface area contributed by atoms with Gasteiger partial charge in [-0.25, -0.2) is 9.37 Å². The van der Waals surface area contributed by atoms with Crippen LogP contribution in [0.25, 0.3) is 0 Å². The van der Waals surface area contributed by atoms with Gasteiger partial charge in [-0.15, -0.1) is 0 Å². The molecule has 13 heteroatoms. The van der Waals surface area contributed by atoms with Gasteiger partial charge in [0, 0.05) is 17.7 Å². The number of halogens is 6. The predicted octanol–water partition coefficient (Wildman–Crippen LogP) is 5.57. The van der Waals surface area contributed by atoms with Gasteiger partial charge in [0.1, 0.15) is 24.1 Å². The number of carbonyl (C=O) groups is 2. The number of pyridine rings is 1. The summed E-state index contributed by atoms with van der Waals surface area (Å²) in [7, 11) is 1.50. The van der Waals surface area contributed by atoms with Crippen molar-refractivity contribution in [2.45, 2.75) is 38.4 Å². The van der Waals surface area contributed by atoms with Gasteiger partial charge in [-0.05, 0) is 44.9 Å². The van der Waals surface area contributed by atoms with Crippen molar-refractivity contribution in [1.29, 1.82) is 0 Å². The monoisotopic (exact) mass is 569 g/mol. The molecule has 0 bridgehead atoms. The number of aromatic nitrogens is 1. The minimum absolute atomic E-state index is 0.0299. The van der Waals surface area contributed by atoms with Crippen LogP contribution in [-0.2, 0) is 15.8 Å². The summed E-state index contributed by atoms with van der Waals surface area (Å²) in [6.45, 7) is 5.99. The van der Waals surface area contributed by atoms with E-state index in [0.29, 0.717) is 12.1 Å². The number of ether oxygens (including phenoxy) is 1. The fourth-order valence-electron chi connectivity index (χ4n) is 3.25. The Morgan fingerprint density at radius 2 is 1.89 bits per heavy atom. The standard InChI is InChI=1S/C16H19ClFNO2.C6H3ClF3NO.CH5N.CH2O/c1-11-4-3-7-16(2,9-11)19-15(20)10-21-12-5-6-13(17)14(18)8-12;7-4-1-3(12)2-11-5(4)6(8,9)10;2*1-2/h3-6,8,11H,7,9-10H2,1-2H3,(H,19,20);1-2,12H;2H2,1H3;1H2. The Bertz CT molecular complexity index is 1040. The number of amides is 1. The lowest BCUT2D eigenvalue weighted by Gasteiger charge is -2.34. The van der Waals surface area contributed by atoms with Crippen LogP contribution in [-0.4, -0.2) is 42.0 Å². The van der Waals surface area contributed by atoms with Gasteiger partial charge >= 0.3 is 6.18 Å². The molecule has 7 nitrogen and oxygen atoms in total. The van der Waals surface area contributed by atoms with Crippen molar-refractivity contribution >= 4 is 35.9 Å². The van der Waals surface area contributed by atoms with Gasteiger partial charge in [-0.3, -0.25) is 4.79 Å². The quantitative estimate of drug-likeness (QED) is 0.327. The van der Waals surface area contributed by atoms with Crippen molar-refractivity contribution in [2.75, 3.05) is 13.7 Å². The van der Waals surface area contributed by atoms with Crippen molar-refractivity contribution in [2.24, 2.45) is 11.7 Å². The lowest BCUT2D eigenvalue weighted by Crippen LogP contribution is -2.49. The zero-order chi connectivity index (χ0) is 28.8. The normalized spacial score (nSPS) is 18.1. The molecule has 0 radical (unpaired) electrons. The molecule has 4 N–H and O–H groups in total. The number of nitrogens with zero attached hydrogens (tertiary/aromatic N) is 1. The highest BCUT2D eigenvalue weighted by Crippen LogP contribution is 2.34. The Labute approximate surface area is 222 Å². The van der Waals surface area contributed by atoms with E-state index in [1.807, 2.05) is 13.7 Å². The number of nitrogens with one attached hydrogen (secondary N) is 1. The van der Waals surface area contributed by atoms with Gasteiger partial charge in [-0.1, -0.05) is 42.3 Å². The summed E-state index contributed by atoms with van der Waals surface area (Å²) in [6.07, 6.45) is 2.05. The van der Waals surface area contributed by atoms with E-state index < -0.39 is 28.5 Å². The van der Waals surface area contributed by atoms with E-state index in [9.17, 15) is 22.4 Å². The number of alkyl halides is 3. The SMILES string of the molecule is C=O.CC1C=CCC(C)(NC(=O)COc2ccc(Cl)c(F)c2)C1.CN.Oc1cnc(C(F)(F)F)c(Cl)c1. The fourth-order valence-corrected chi connectivity index (χ4v) is 3.63. The molecule has 2 aromatic rings. The average molecular weight is 570 g/mol. The molecule has 206 valence electrons. The zero-order valence-corrected chi connectivity index (χ0v) is 21.9. The summed E-state index contributed by atoms with van der Waals surface area (Å²) in [6, 6.07) is 4.89. The third-order valence-electron chi connectivity index (χ3n) is 4.60. The van der Waals surface area contributed by atoms with E-state index >= 15 is 0 Å². The molecule has 1 heterocycles. The summed E-state index contributed by atoms with van der Waals surface area (Å²) >= 11 is 10.8. The highest BCUT2D eigenvalue weighted by atomic mass is 35.5. The number of hydrogen-bond donors (Lipinski definition) is 3. The molecule has 1 aliphatic carbocycles. The molecule has 1 amide bonds. The van der Waals surface area contributed by atoms with Crippen molar-refractivity contribution < 1.29 is 37.0 Å². The molecule has 0 spiro atoms. The number of carbonyl (C=O) groups excluding carboxylic acids is 2. The first kappa shape index (κ1) is 34.1. The molecule has 0 fully saturated rings. The molecule has 3 rings (SSSR count). The average Bonchev–Trinajstić information content (AvgIpc) is 2.81. The fraction of sp³-hybridized carbons (Fsp3) is 0.375. The first-order chi connectivity index (χ1) is 17.3. The molecule has 1 aliphatic rings. The summed E-state index contributed by atoms with van der Waals surface area (Å²) in [5.41, 5.74) is 3.06. The third kappa shape index (κ3) is 12.3. The topological polar surface area (TPSA) is 115 Å². The van der Waals surface area contributed by atoms with Crippen LogP contribution in [0.1, 0.15) is 32.4 Å². The molecule has 2 atom stereocenters. The second kappa shape index (κ2) is 16.1. The van der Waals surface area contributed by atoms with Crippen LogP contribution in [0.3, 0.4) is 0 Å². The van der Waals surface area contributed by atoms with E-state index in [0.717, 1.165) is 18.9 Å². The van der Waals surface area contributed by atoms with Crippen LogP contribution in [0.4, 0.5) is 17.6 Å². The first-order valence-corrected chi connectivity index (χ1v) is 11.4. The van der Waals surface area contributed by atoms with E-state index in [-0.39, 0.29) is 28.8 Å². The van der Waals surface area contributed by atoms with Gasteiger partial charge in [0.2, 0.25) is 0 Å². The lowest BCUT2D eigenvalue weighted by molar-refractivity contribution is -0.141. The second-order valence-electron chi connectivity index (χ2n) is 7.81. The molecule has 1 aromatic heterocycles. The maximum Gasteiger partial charge on any atom is 0.434 e. The summed E-state index contributed by atoms with van der Waals surface area (Å²) in [5, 5.41) is 11.1. The van der Waals surface area contributed by atoms with Gasteiger partial charge in [0.25, 0.3) is 5.91 Å². The minimum Gasteiger partial charge on any atom is -0.506 e. The Morgan fingerprint density at radius 3 is 2.41 bits per heavy atom. The molecular weight excluding hydrogens is 541 g/mol. The van der Waals surface area contributed by atoms with E-state index in [4.69, 9.17) is 37.8 Å². The van der Waals surface area contributed by atoms with Gasteiger partial charge in [-0.2, -0.15) is 13.2 Å². The van der Waals surface area contributed by atoms with Crippen molar-refractivity contribution in [1.82, 2.24) is 10.3 Å². The molecule has 1 aromatic carbocycles. The van der Waals surface area contributed by atoms with E-state index in [1.54, 1.807) is 0 Å². The van der Waals surface area contributed by atoms with E-state index in [2.05, 4.69) is 35.1 Å². The number of rotatable bonds is 4. The summed E-state index contributed by atoms with van der Waals surface area (Å²) in [4.78, 5) is 22.9. The molecule has 37 heavy (non-hydrogen) atoms.